The predicted octanol–water partition coefficient (Wildman–Crippen LogP) is 2.07. The molecule has 0 bridgehead atoms. The zero-order valence-electron chi connectivity index (χ0n) is 9.08. The van der Waals surface area contributed by atoms with E-state index in [2.05, 4.69) is 29.4 Å². The lowest BCUT2D eigenvalue weighted by Gasteiger charge is -2.31. The molecule has 0 amide bonds. The summed E-state index contributed by atoms with van der Waals surface area (Å²) in [5, 5.41) is 4.30. The van der Waals surface area contributed by atoms with Crippen LogP contribution in [0.25, 0.3) is 0 Å². The van der Waals surface area contributed by atoms with Crippen molar-refractivity contribution in [3.8, 4) is 0 Å². The van der Waals surface area contributed by atoms with Crippen molar-refractivity contribution in [2.75, 3.05) is 0 Å². The summed E-state index contributed by atoms with van der Waals surface area (Å²) < 4.78 is 1.99. The summed E-state index contributed by atoms with van der Waals surface area (Å²) >= 11 is 0. The average molecular weight is 213 g/mol. The summed E-state index contributed by atoms with van der Waals surface area (Å²) in [4.78, 5) is 0. The van der Waals surface area contributed by atoms with Crippen LogP contribution in [0.3, 0.4) is 0 Å². The molecule has 1 aliphatic carbocycles. The molecule has 0 radical (unpaired) electrons. The van der Waals surface area contributed by atoms with E-state index in [1.807, 2.05) is 23.1 Å². The minimum Gasteiger partial charge on any atom is -0.322 e. The maximum absolute atomic E-state index is 6.32. The first-order chi connectivity index (χ1) is 7.86. The Morgan fingerprint density at radius 1 is 1.25 bits per heavy atom. The van der Waals surface area contributed by atoms with Gasteiger partial charge in [-0.15, -0.1) is 0 Å². The molecule has 2 unspecified atom stereocenters. The fraction of sp³-hybridized carbons (Fsp3) is 0.308. The second kappa shape index (κ2) is 3.76. The molecule has 3 nitrogen and oxygen atoms in total. The van der Waals surface area contributed by atoms with Crippen LogP contribution in [0.5, 0.6) is 0 Å². The van der Waals surface area contributed by atoms with Crippen molar-refractivity contribution in [1.82, 2.24) is 9.78 Å². The number of nitrogens with zero attached hydrogens (tertiary/aromatic N) is 2. The van der Waals surface area contributed by atoms with Crippen LogP contribution in [-0.4, -0.2) is 9.78 Å². The van der Waals surface area contributed by atoms with Gasteiger partial charge in [-0.1, -0.05) is 24.3 Å². The second-order valence-corrected chi connectivity index (χ2v) is 4.32. The van der Waals surface area contributed by atoms with Gasteiger partial charge in [0, 0.05) is 12.4 Å². The molecular weight excluding hydrogens is 198 g/mol. The minimum absolute atomic E-state index is 0.0600. The Morgan fingerprint density at radius 3 is 2.94 bits per heavy atom. The van der Waals surface area contributed by atoms with Gasteiger partial charge >= 0.3 is 0 Å². The molecule has 0 spiro atoms. The summed E-state index contributed by atoms with van der Waals surface area (Å²) in [6.07, 6.45) is 5.97. The molecular formula is C13H15N3. The highest BCUT2D eigenvalue weighted by Crippen LogP contribution is 2.35. The molecule has 2 atom stereocenters. The van der Waals surface area contributed by atoms with Crippen LogP contribution in [0.2, 0.25) is 0 Å². The second-order valence-electron chi connectivity index (χ2n) is 4.32. The van der Waals surface area contributed by atoms with Crippen LogP contribution in [-0.2, 0) is 6.42 Å². The fourth-order valence-corrected chi connectivity index (χ4v) is 2.55. The molecule has 2 aromatic rings. The van der Waals surface area contributed by atoms with Crippen LogP contribution in [0.4, 0.5) is 0 Å². The van der Waals surface area contributed by atoms with Crippen molar-refractivity contribution < 1.29 is 0 Å². The number of aryl methyl sites for hydroxylation is 1. The molecule has 0 saturated heterocycles. The van der Waals surface area contributed by atoms with Crippen LogP contribution in [0, 0.1) is 0 Å². The Morgan fingerprint density at radius 2 is 2.12 bits per heavy atom. The maximum atomic E-state index is 6.32. The molecule has 82 valence electrons. The van der Waals surface area contributed by atoms with Gasteiger partial charge in [-0.25, -0.2) is 0 Å². The van der Waals surface area contributed by atoms with E-state index < -0.39 is 0 Å². The van der Waals surface area contributed by atoms with Crippen molar-refractivity contribution in [2.24, 2.45) is 5.73 Å². The van der Waals surface area contributed by atoms with Crippen LogP contribution in [0.1, 0.15) is 29.6 Å². The summed E-state index contributed by atoms with van der Waals surface area (Å²) in [5.74, 6) is 0. The van der Waals surface area contributed by atoms with Crippen LogP contribution >= 0.6 is 0 Å². The standard InChI is InChI=1S/C13H15N3/c14-13-11-5-2-1-4-10(11)6-7-12(13)16-9-3-8-15-16/h1-5,8-9,12-13H,6-7,14H2. The first-order valence-electron chi connectivity index (χ1n) is 5.69. The van der Waals surface area contributed by atoms with Gasteiger partial charge in [-0.2, -0.15) is 5.10 Å². The van der Waals surface area contributed by atoms with E-state index in [4.69, 9.17) is 5.73 Å². The molecule has 16 heavy (non-hydrogen) atoms. The monoisotopic (exact) mass is 213 g/mol. The van der Waals surface area contributed by atoms with Gasteiger partial charge in [0.05, 0.1) is 12.1 Å². The van der Waals surface area contributed by atoms with Gasteiger partial charge < -0.3 is 5.73 Å². The van der Waals surface area contributed by atoms with Gasteiger partial charge in [0.25, 0.3) is 0 Å². The maximum Gasteiger partial charge on any atom is 0.0714 e. The van der Waals surface area contributed by atoms with Crippen LogP contribution < -0.4 is 5.73 Å². The highest BCUT2D eigenvalue weighted by atomic mass is 15.3. The number of rotatable bonds is 1. The summed E-state index contributed by atoms with van der Waals surface area (Å²) in [6, 6.07) is 10.8. The largest absolute Gasteiger partial charge is 0.322 e. The van der Waals surface area contributed by atoms with E-state index in [1.165, 1.54) is 11.1 Å². The first-order valence-corrected chi connectivity index (χ1v) is 5.69. The lowest BCUT2D eigenvalue weighted by atomic mass is 9.85. The smallest absolute Gasteiger partial charge is 0.0714 e. The van der Waals surface area contributed by atoms with Crippen molar-refractivity contribution in [2.45, 2.75) is 24.9 Å². The van der Waals surface area contributed by atoms with Gasteiger partial charge in [0.1, 0.15) is 0 Å². The van der Waals surface area contributed by atoms with E-state index in [1.54, 1.807) is 0 Å². The number of benzene rings is 1. The summed E-state index contributed by atoms with van der Waals surface area (Å²) in [5.41, 5.74) is 8.98. The topological polar surface area (TPSA) is 43.8 Å². The Bertz CT molecular complexity index is 476. The Labute approximate surface area is 94.9 Å². The molecule has 1 heterocycles. The Hall–Kier alpha value is -1.61. The van der Waals surface area contributed by atoms with E-state index in [0.717, 1.165) is 12.8 Å². The molecule has 0 aliphatic heterocycles. The number of hydrogen-bond donors (Lipinski definition) is 1. The molecule has 3 heteroatoms. The molecule has 3 rings (SSSR count). The summed E-state index contributed by atoms with van der Waals surface area (Å²) in [6.45, 7) is 0. The van der Waals surface area contributed by atoms with E-state index in [-0.39, 0.29) is 6.04 Å². The molecule has 1 aromatic carbocycles. The zero-order chi connectivity index (χ0) is 11.0. The number of nitrogens with two attached hydrogens (primary N) is 1. The number of aromatic nitrogens is 2. The van der Waals surface area contributed by atoms with E-state index >= 15 is 0 Å². The molecule has 1 aromatic heterocycles. The lowest BCUT2D eigenvalue weighted by molar-refractivity contribution is 0.342. The fourth-order valence-electron chi connectivity index (χ4n) is 2.55. The van der Waals surface area contributed by atoms with Crippen LogP contribution in [0.15, 0.2) is 42.7 Å². The van der Waals surface area contributed by atoms with Gasteiger partial charge in [0.2, 0.25) is 0 Å². The highest BCUT2D eigenvalue weighted by molar-refractivity contribution is 5.33. The SMILES string of the molecule is NC1c2ccccc2CCC1n1cccn1. The minimum atomic E-state index is 0.0600. The van der Waals surface area contributed by atoms with Crippen molar-refractivity contribution in [3.63, 3.8) is 0 Å². The van der Waals surface area contributed by atoms with Crippen molar-refractivity contribution in [1.29, 1.82) is 0 Å². The molecule has 2 N–H and O–H groups in total. The predicted molar refractivity (Wildman–Crippen MR) is 63.0 cm³/mol. The molecule has 0 saturated carbocycles. The molecule has 1 aliphatic rings. The quantitative estimate of drug-likeness (QED) is 0.788. The number of fused-ring (bicyclic) bond motifs is 1. The zero-order valence-corrected chi connectivity index (χ0v) is 9.08. The highest BCUT2D eigenvalue weighted by Gasteiger charge is 2.27. The van der Waals surface area contributed by atoms with E-state index in [9.17, 15) is 0 Å². The third kappa shape index (κ3) is 1.44. The average Bonchev–Trinajstić information content (AvgIpc) is 2.83. The normalized spacial score (nSPS) is 24.1. The lowest BCUT2D eigenvalue weighted by Crippen LogP contribution is -2.29. The van der Waals surface area contributed by atoms with E-state index in [0.29, 0.717) is 6.04 Å². The Kier molecular flexibility index (Phi) is 2.26. The van der Waals surface area contributed by atoms with Gasteiger partial charge in [-0.3, -0.25) is 4.68 Å². The molecule has 0 fully saturated rings. The Balaban J connectivity index is 1.98. The third-order valence-electron chi connectivity index (χ3n) is 3.40. The van der Waals surface area contributed by atoms with Crippen molar-refractivity contribution in [3.05, 3.63) is 53.9 Å². The first kappa shape index (κ1) is 9.60. The van der Waals surface area contributed by atoms with Crippen molar-refractivity contribution >= 4 is 0 Å². The van der Waals surface area contributed by atoms with Gasteiger partial charge in [0.15, 0.2) is 0 Å². The summed E-state index contributed by atoms with van der Waals surface area (Å²) in [7, 11) is 0. The van der Waals surface area contributed by atoms with Gasteiger partial charge in [-0.05, 0) is 30.0 Å². The third-order valence-corrected chi connectivity index (χ3v) is 3.40. The number of hydrogen-bond acceptors (Lipinski definition) is 2.